The molecular formula is C19H31. The molecule has 0 atom stereocenters. The minimum absolute atomic E-state index is 1.11. The topological polar surface area (TPSA) is 0 Å². The Bertz CT molecular complexity index is 346. The standard InChI is InChI=1S/C19H31/c1-16(2)10-7-12-18(5)14-9-15-19(6)13-8-11-17(3)4/h10,13-14H,1,3,7-9,11-12,15H2,2,4-6H3/b16-10-,18-14+,19-13+. The van der Waals surface area contributed by atoms with Crippen molar-refractivity contribution in [1.29, 1.82) is 0 Å². The molecule has 0 saturated carbocycles. The maximum absolute atomic E-state index is 3.93. The summed E-state index contributed by atoms with van der Waals surface area (Å²) < 4.78 is 0. The monoisotopic (exact) mass is 259 g/mol. The zero-order chi connectivity index (χ0) is 14.7. The van der Waals surface area contributed by atoms with E-state index in [2.05, 4.69) is 59.4 Å². The van der Waals surface area contributed by atoms with Gasteiger partial charge in [-0.2, -0.15) is 0 Å². The summed E-state index contributed by atoms with van der Waals surface area (Å²) in [6.45, 7) is 16.4. The van der Waals surface area contributed by atoms with Crippen LogP contribution in [0.1, 0.15) is 66.2 Å². The molecule has 0 spiro atoms. The fourth-order valence-corrected chi connectivity index (χ4v) is 1.86. The summed E-state index contributed by atoms with van der Waals surface area (Å²) in [7, 11) is 0. The van der Waals surface area contributed by atoms with Crippen LogP contribution in [0.15, 0.2) is 47.1 Å². The van der Waals surface area contributed by atoms with E-state index in [9.17, 15) is 0 Å². The number of hydrogen-bond acceptors (Lipinski definition) is 0. The van der Waals surface area contributed by atoms with Gasteiger partial charge in [0, 0.05) is 0 Å². The summed E-state index contributed by atoms with van der Waals surface area (Å²) in [4.78, 5) is 0. The Labute approximate surface area is 121 Å². The van der Waals surface area contributed by atoms with Gasteiger partial charge < -0.3 is 0 Å². The number of rotatable bonds is 9. The van der Waals surface area contributed by atoms with Gasteiger partial charge in [-0.05, 0) is 73.1 Å². The van der Waals surface area contributed by atoms with Gasteiger partial charge in [-0.3, -0.25) is 0 Å². The average Bonchev–Trinajstić information content (AvgIpc) is 2.27. The first kappa shape index (κ1) is 18.0. The van der Waals surface area contributed by atoms with Crippen molar-refractivity contribution in [1.82, 2.24) is 0 Å². The molecular weight excluding hydrogens is 228 g/mol. The first-order valence-corrected chi connectivity index (χ1v) is 7.36. The SMILES string of the molecule is [CH2]/C(C)=C/CC/C(C)=C/CC/C(C)=C/CCC(=C)C. The lowest BCUT2D eigenvalue weighted by Crippen LogP contribution is -1.81. The molecule has 0 nitrogen and oxygen atoms in total. The molecule has 1 radical (unpaired) electrons. The fourth-order valence-electron chi connectivity index (χ4n) is 1.86. The third kappa shape index (κ3) is 13.2. The molecule has 0 saturated heterocycles. The predicted octanol–water partition coefficient (Wildman–Crippen LogP) is 6.58. The van der Waals surface area contributed by atoms with Gasteiger partial charge >= 0.3 is 0 Å². The van der Waals surface area contributed by atoms with E-state index in [1.807, 2.05) is 0 Å². The number of hydrogen-bond donors (Lipinski definition) is 0. The summed E-state index contributed by atoms with van der Waals surface area (Å²) in [5.41, 5.74) is 5.43. The molecule has 0 aromatic carbocycles. The minimum Gasteiger partial charge on any atom is -0.100 e. The maximum Gasteiger partial charge on any atom is -0.0286 e. The molecule has 0 bridgehead atoms. The van der Waals surface area contributed by atoms with Crippen molar-refractivity contribution in [2.45, 2.75) is 66.2 Å². The molecule has 107 valence electrons. The largest absolute Gasteiger partial charge is 0.100 e. The Hall–Kier alpha value is -1.04. The van der Waals surface area contributed by atoms with Crippen LogP contribution in [0, 0.1) is 6.92 Å². The molecule has 0 unspecified atom stereocenters. The molecule has 0 amide bonds. The Morgan fingerprint density at radius 3 is 1.58 bits per heavy atom. The smallest absolute Gasteiger partial charge is 0.0286 e. The molecule has 0 heterocycles. The van der Waals surface area contributed by atoms with Crippen molar-refractivity contribution in [3.8, 4) is 0 Å². The quantitative estimate of drug-likeness (QED) is 0.410. The third-order valence-electron chi connectivity index (χ3n) is 3.13. The highest BCUT2D eigenvalue weighted by Gasteiger charge is 1.92. The van der Waals surface area contributed by atoms with Crippen LogP contribution in [0.4, 0.5) is 0 Å². The highest BCUT2D eigenvalue weighted by atomic mass is 14.0. The van der Waals surface area contributed by atoms with Crippen molar-refractivity contribution in [2.24, 2.45) is 0 Å². The lowest BCUT2D eigenvalue weighted by atomic mass is 10.0. The minimum atomic E-state index is 1.11. The van der Waals surface area contributed by atoms with E-state index in [0.29, 0.717) is 0 Å². The second-order valence-corrected chi connectivity index (χ2v) is 5.72. The van der Waals surface area contributed by atoms with Crippen molar-refractivity contribution in [2.75, 3.05) is 0 Å². The Balaban J connectivity index is 3.86. The summed E-state index contributed by atoms with van der Waals surface area (Å²) in [5, 5.41) is 0. The lowest BCUT2D eigenvalue weighted by molar-refractivity contribution is 0.902. The first-order chi connectivity index (χ1) is 8.91. The molecule has 0 rings (SSSR count). The summed E-state index contributed by atoms with van der Waals surface area (Å²) in [5.74, 6) is 0. The van der Waals surface area contributed by atoms with Crippen LogP contribution in [0.2, 0.25) is 0 Å². The molecule has 0 heteroatoms. The van der Waals surface area contributed by atoms with E-state index in [1.54, 1.807) is 0 Å². The van der Waals surface area contributed by atoms with Gasteiger partial charge in [0.25, 0.3) is 0 Å². The van der Waals surface area contributed by atoms with E-state index < -0.39 is 0 Å². The zero-order valence-electron chi connectivity index (χ0n) is 13.4. The van der Waals surface area contributed by atoms with Crippen LogP contribution in [0.3, 0.4) is 0 Å². The lowest BCUT2D eigenvalue weighted by Gasteiger charge is -2.02. The van der Waals surface area contributed by atoms with Crippen LogP contribution >= 0.6 is 0 Å². The predicted molar refractivity (Wildman–Crippen MR) is 89.1 cm³/mol. The fraction of sp³-hybridized carbons (Fsp3) is 0.526. The maximum atomic E-state index is 3.93. The second kappa shape index (κ2) is 10.8. The summed E-state index contributed by atoms with van der Waals surface area (Å²) >= 11 is 0. The van der Waals surface area contributed by atoms with Gasteiger partial charge in [0.15, 0.2) is 0 Å². The van der Waals surface area contributed by atoms with Crippen molar-refractivity contribution >= 4 is 0 Å². The first-order valence-electron chi connectivity index (χ1n) is 7.36. The molecule has 19 heavy (non-hydrogen) atoms. The van der Waals surface area contributed by atoms with E-state index in [4.69, 9.17) is 0 Å². The van der Waals surface area contributed by atoms with Gasteiger partial charge in [0.1, 0.15) is 0 Å². The second-order valence-electron chi connectivity index (χ2n) is 5.72. The van der Waals surface area contributed by atoms with Crippen LogP contribution in [-0.2, 0) is 0 Å². The molecule has 0 aromatic heterocycles. The van der Waals surface area contributed by atoms with E-state index >= 15 is 0 Å². The van der Waals surface area contributed by atoms with Crippen molar-refractivity contribution in [3.05, 3.63) is 54.0 Å². The Morgan fingerprint density at radius 2 is 1.16 bits per heavy atom. The Kier molecular flexibility index (Phi) is 10.2. The molecule has 0 aliphatic carbocycles. The third-order valence-corrected chi connectivity index (χ3v) is 3.13. The Morgan fingerprint density at radius 1 is 0.737 bits per heavy atom. The van der Waals surface area contributed by atoms with Crippen LogP contribution in [0.25, 0.3) is 0 Å². The molecule has 0 aliphatic rings. The van der Waals surface area contributed by atoms with Gasteiger partial charge in [-0.15, -0.1) is 6.58 Å². The normalized spacial score (nSPS) is 13.8. The summed E-state index contributed by atoms with van der Waals surface area (Å²) in [6, 6.07) is 0. The van der Waals surface area contributed by atoms with Gasteiger partial charge in [0.05, 0.1) is 0 Å². The molecule has 0 fully saturated rings. The molecule has 0 N–H and O–H groups in total. The highest BCUT2D eigenvalue weighted by Crippen LogP contribution is 2.12. The van der Waals surface area contributed by atoms with E-state index in [-0.39, 0.29) is 0 Å². The van der Waals surface area contributed by atoms with Gasteiger partial charge in [0.2, 0.25) is 0 Å². The number of allylic oxidation sites excluding steroid dienone is 7. The van der Waals surface area contributed by atoms with Crippen LogP contribution < -0.4 is 0 Å². The van der Waals surface area contributed by atoms with Crippen molar-refractivity contribution in [3.63, 3.8) is 0 Å². The average molecular weight is 259 g/mol. The van der Waals surface area contributed by atoms with Crippen LogP contribution in [0.5, 0.6) is 0 Å². The molecule has 0 aromatic rings. The van der Waals surface area contributed by atoms with Crippen molar-refractivity contribution < 1.29 is 0 Å². The zero-order valence-corrected chi connectivity index (χ0v) is 13.4. The van der Waals surface area contributed by atoms with E-state index in [0.717, 1.165) is 32.1 Å². The summed E-state index contributed by atoms with van der Waals surface area (Å²) in [6.07, 6.45) is 13.8. The van der Waals surface area contributed by atoms with Gasteiger partial charge in [-0.1, -0.05) is 40.5 Å². The van der Waals surface area contributed by atoms with E-state index in [1.165, 1.54) is 28.7 Å². The van der Waals surface area contributed by atoms with Crippen LogP contribution in [-0.4, -0.2) is 0 Å². The highest BCUT2D eigenvalue weighted by molar-refractivity contribution is 5.07. The van der Waals surface area contributed by atoms with Gasteiger partial charge in [-0.25, -0.2) is 0 Å². The molecule has 0 aliphatic heterocycles.